The third-order valence-electron chi connectivity index (χ3n) is 5.31. The summed E-state index contributed by atoms with van der Waals surface area (Å²) in [6.07, 6.45) is 3.71. The highest BCUT2D eigenvalue weighted by Crippen LogP contribution is 2.27. The molecule has 1 saturated heterocycles. The van der Waals surface area contributed by atoms with Crippen LogP contribution in [0.15, 0.2) is 54.7 Å². The van der Waals surface area contributed by atoms with E-state index >= 15 is 0 Å². The lowest BCUT2D eigenvalue weighted by Gasteiger charge is -2.31. The Hall–Kier alpha value is -3.62. The standard InChI is InChI=1S/C20H20N8O/c29-18(14-28-24-19(22-25-28)15-6-2-1-3-7-15)26-12-9-16(10-13-26)20-23-21-17-8-4-5-11-27(17)20/h1-8,11,16H,9-10,12-14H2. The van der Waals surface area contributed by atoms with Gasteiger partial charge in [-0.2, -0.15) is 4.80 Å². The molecule has 0 N–H and O–H groups in total. The minimum atomic E-state index is 0.00608. The molecule has 29 heavy (non-hydrogen) atoms. The predicted molar refractivity (Wildman–Crippen MR) is 105 cm³/mol. The zero-order valence-electron chi connectivity index (χ0n) is 15.8. The zero-order chi connectivity index (χ0) is 19.6. The molecular weight excluding hydrogens is 368 g/mol. The highest BCUT2D eigenvalue weighted by Gasteiger charge is 2.27. The summed E-state index contributed by atoms with van der Waals surface area (Å²) in [6.45, 7) is 1.47. The Bertz CT molecular complexity index is 1130. The molecule has 0 radical (unpaired) electrons. The van der Waals surface area contributed by atoms with Crippen molar-refractivity contribution in [2.75, 3.05) is 13.1 Å². The number of likely N-dealkylation sites (tertiary alicyclic amines) is 1. The van der Waals surface area contributed by atoms with Crippen LogP contribution in [0, 0.1) is 0 Å². The Balaban J connectivity index is 1.21. The maximum absolute atomic E-state index is 12.7. The minimum Gasteiger partial charge on any atom is -0.341 e. The molecule has 4 aromatic rings. The van der Waals surface area contributed by atoms with Gasteiger partial charge >= 0.3 is 0 Å². The molecule has 1 amide bonds. The number of carbonyl (C=O) groups excluding carboxylic acids is 1. The van der Waals surface area contributed by atoms with Crippen LogP contribution in [0.4, 0.5) is 0 Å². The van der Waals surface area contributed by atoms with Gasteiger partial charge in [-0.1, -0.05) is 36.4 Å². The van der Waals surface area contributed by atoms with Crippen molar-refractivity contribution in [2.45, 2.75) is 25.3 Å². The van der Waals surface area contributed by atoms with Crippen molar-refractivity contribution >= 4 is 11.6 Å². The van der Waals surface area contributed by atoms with E-state index in [1.54, 1.807) is 0 Å². The fourth-order valence-electron chi connectivity index (χ4n) is 3.76. The van der Waals surface area contributed by atoms with Crippen molar-refractivity contribution in [1.82, 2.24) is 39.7 Å². The highest BCUT2D eigenvalue weighted by molar-refractivity contribution is 5.76. The van der Waals surface area contributed by atoms with E-state index in [9.17, 15) is 4.79 Å². The second kappa shape index (κ2) is 7.42. The number of nitrogens with zero attached hydrogens (tertiary/aromatic N) is 8. The largest absolute Gasteiger partial charge is 0.341 e. The summed E-state index contributed by atoms with van der Waals surface area (Å²) in [5.74, 6) is 1.80. The number of benzene rings is 1. The van der Waals surface area contributed by atoms with Crippen LogP contribution >= 0.6 is 0 Å². The predicted octanol–water partition coefficient (Wildman–Crippen LogP) is 1.79. The second-order valence-corrected chi connectivity index (χ2v) is 7.15. The minimum absolute atomic E-state index is 0.00608. The fourth-order valence-corrected chi connectivity index (χ4v) is 3.76. The van der Waals surface area contributed by atoms with Crippen LogP contribution < -0.4 is 0 Å². The topological polar surface area (TPSA) is 94.1 Å². The number of hydrogen-bond donors (Lipinski definition) is 0. The SMILES string of the molecule is O=C(Cn1nnc(-c2ccccc2)n1)N1CCC(c2nnc3ccccn23)CC1. The van der Waals surface area contributed by atoms with Crippen LogP contribution in [0.25, 0.3) is 17.0 Å². The van der Waals surface area contributed by atoms with Crippen LogP contribution in [0.3, 0.4) is 0 Å². The monoisotopic (exact) mass is 388 g/mol. The number of rotatable bonds is 4. The molecule has 9 heteroatoms. The smallest absolute Gasteiger partial charge is 0.246 e. The molecule has 0 spiro atoms. The Morgan fingerprint density at radius 1 is 0.966 bits per heavy atom. The van der Waals surface area contributed by atoms with Gasteiger partial charge in [0.1, 0.15) is 12.4 Å². The van der Waals surface area contributed by atoms with Crippen molar-refractivity contribution in [3.63, 3.8) is 0 Å². The normalized spacial score (nSPS) is 15.1. The van der Waals surface area contributed by atoms with E-state index in [-0.39, 0.29) is 12.5 Å². The van der Waals surface area contributed by atoms with E-state index in [2.05, 4.69) is 25.6 Å². The van der Waals surface area contributed by atoms with Crippen LogP contribution in [-0.2, 0) is 11.3 Å². The molecule has 9 nitrogen and oxygen atoms in total. The van der Waals surface area contributed by atoms with Gasteiger partial charge < -0.3 is 4.90 Å². The first-order valence-corrected chi connectivity index (χ1v) is 9.68. The van der Waals surface area contributed by atoms with E-state index in [4.69, 9.17) is 0 Å². The van der Waals surface area contributed by atoms with Gasteiger partial charge in [-0.25, -0.2) is 0 Å². The molecule has 3 aromatic heterocycles. The van der Waals surface area contributed by atoms with Crippen molar-refractivity contribution < 1.29 is 4.79 Å². The third kappa shape index (κ3) is 3.46. The van der Waals surface area contributed by atoms with Crippen molar-refractivity contribution in [2.24, 2.45) is 0 Å². The molecule has 1 aromatic carbocycles. The van der Waals surface area contributed by atoms with Crippen LogP contribution in [0.5, 0.6) is 0 Å². The third-order valence-corrected chi connectivity index (χ3v) is 5.31. The summed E-state index contributed by atoms with van der Waals surface area (Å²) in [5, 5.41) is 21.0. The molecule has 0 atom stereocenters. The van der Waals surface area contributed by atoms with Gasteiger partial charge in [-0.15, -0.1) is 20.4 Å². The van der Waals surface area contributed by atoms with Crippen molar-refractivity contribution in [3.05, 3.63) is 60.6 Å². The summed E-state index contributed by atoms with van der Waals surface area (Å²) in [6, 6.07) is 15.5. The Morgan fingerprint density at radius 3 is 2.59 bits per heavy atom. The zero-order valence-corrected chi connectivity index (χ0v) is 15.8. The Morgan fingerprint density at radius 2 is 1.76 bits per heavy atom. The number of carbonyl (C=O) groups is 1. The Kier molecular flexibility index (Phi) is 4.47. The molecule has 1 aliphatic heterocycles. The number of tetrazole rings is 1. The molecule has 0 saturated carbocycles. The summed E-state index contributed by atoms with van der Waals surface area (Å²) in [5.41, 5.74) is 1.74. The quantitative estimate of drug-likeness (QED) is 0.529. The first-order chi connectivity index (χ1) is 14.3. The van der Waals surface area contributed by atoms with E-state index in [1.165, 1.54) is 4.80 Å². The molecular formula is C20H20N8O. The molecule has 1 aliphatic rings. The summed E-state index contributed by atoms with van der Waals surface area (Å²) in [7, 11) is 0. The Labute approximate surface area is 167 Å². The molecule has 0 bridgehead atoms. The number of piperidine rings is 1. The fraction of sp³-hybridized carbons (Fsp3) is 0.300. The second-order valence-electron chi connectivity index (χ2n) is 7.15. The lowest BCUT2D eigenvalue weighted by atomic mass is 9.96. The van der Waals surface area contributed by atoms with Gasteiger partial charge in [-0.3, -0.25) is 9.20 Å². The first-order valence-electron chi connectivity index (χ1n) is 9.68. The number of hydrogen-bond acceptors (Lipinski definition) is 6. The van der Waals surface area contributed by atoms with E-state index in [0.717, 1.165) is 29.9 Å². The van der Waals surface area contributed by atoms with E-state index in [1.807, 2.05) is 64.0 Å². The number of pyridine rings is 1. The van der Waals surface area contributed by atoms with E-state index < -0.39 is 0 Å². The number of fused-ring (bicyclic) bond motifs is 1. The summed E-state index contributed by atoms with van der Waals surface area (Å²) >= 11 is 0. The highest BCUT2D eigenvalue weighted by atomic mass is 16.2. The van der Waals surface area contributed by atoms with Crippen LogP contribution in [-0.4, -0.2) is 58.7 Å². The maximum Gasteiger partial charge on any atom is 0.246 e. The molecule has 1 fully saturated rings. The summed E-state index contributed by atoms with van der Waals surface area (Å²) in [4.78, 5) is 15.9. The summed E-state index contributed by atoms with van der Waals surface area (Å²) < 4.78 is 2.03. The van der Waals surface area contributed by atoms with Gasteiger partial charge in [-0.05, 0) is 30.2 Å². The lowest BCUT2D eigenvalue weighted by Crippen LogP contribution is -2.40. The number of aromatic nitrogens is 7. The van der Waals surface area contributed by atoms with Crippen molar-refractivity contribution in [1.29, 1.82) is 0 Å². The van der Waals surface area contributed by atoms with Gasteiger partial charge in [0.25, 0.3) is 0 Å². The first kappa shape index (κ1) is 17.5. The average Bonchev–Trinajstić information content (AvgIpc) is 3.42. The van der Waals surface area contributed by atoms with Gasteiger partial charge in [0.15, 0.2) is 5.65 Å². The van der Waals surface area contributed by atoms with Gasteiger partial charge in [0.2, 0.25) is 11.7 Å². The molecule has 146 valence electrons. The average molecular weight is 388 g/mol. The molecule has 5 rings (SSSR count). The van der Waals surface area contributed by atoms with Crippen molar-refractivity contribution in [3.8, 4) is 11.4 Å². The van der Waals surface area contributed by atoms with E-state index in [0.29, 0.717) is 24.8 Å². The lowest BCUT2D eigenvalue weighted by molar-refractivity contribution is -0.133. The molecule has 0 aliphatic carbocycles. The van der Waals surface area contributed by atoms with Gasteiger partial charge in [0, 0.05) is 30.8 Å². The molecule has 0 unspecified atom stereocenters. The van der Waals surface area contributed by atoms with Crippen LogP contribution in [0.1, 0.15) is 24.6 Å². The molecule has 4 heterocycles. The maximum atomic E-state index is 12.7. The number of amides is 1. The van der Waals surface area contributed by atoms with Gasteiger partial charge in [0.05, 0.1) is 0 Å². The van der Waals surface area contributed by atoms with Crippen LogP contribution in [0.2, 0.25) is 0 Å².